The van der Waals surface area contributed by atoms with Crippen LogP contribution in [0.5, 0.6) is 0 Å². The lowest BCUT2D eigenvalue weighted by Crippen LogP contribution is -2.23. The van der Waals surface area contributed by atoms with E-state index in [-0.39, 0.29) is 17.3 Å². The first kappa shape index (κ1) is 11.9. The molecule has 1 aromatic rings. The summed E-state index contributed by atoms with van der Waals surface area (Å²) in [7, 11) is 0. The topological polar surface area (TPSA) is 9.23 Å². The van der Waals surface area contributed by atoms with Gasteiger partial charge in [-0.1, -0.05) is 12.1 Å². The van der Waals surface area contributed by atoms with Crippen molar-refractivity contribution >= 4 is 11.6 Å². The van der Waals surface area contributed by atoms with Gasteiger partial charge in [0.05, 0.1) is 6.10 Å². The van der Waals surface area contributed by atoms with E-state index in [1.165, 1.54) is 6.07 Å². The fraction of sp³-hybridized carbons (Fsp3) is 0.538. The van der Waals surface area contributed by atoms with Crippen LogP contribution in [0.25, 0.3) is 0 Å². The highest BCUT2D eigenvalue weighted by Crippen LogP contribution is 2.29. The third kappa shape index (κ3) is 2.74. The first-order chi connectivity index (χ1) is 7.66. The van der Waals surface area contributed by atoms with E-state index in [1.807, 2.05) is 6.07 Å². The summed E-state index contributed by atoms with van der Waals surface area (Å²) in [5.41, 5.74) is 0.958. The number of hydrogen-bond donors (Lipinski definition) is 0. The predicted molar refractivity (Wildman–Crippen MR) is 63.3 cm³/mol. The highest BCUT2D eigenvalue weighted by atomic mass is 35.5. The van der Waals surface area contributed by atoms with E-state index in [1.54, 1.807) is 12.1 Å². The molecule has 1 saturated heterocycles. The molecule has 1 fully saturated rings. The molecule has 0 N–H and O–H groups in total. The van der Waals surface area contributed by atoms with Gasteiger partial charge < -0.3 is 4.74 Å². The van der Waals surface area contributed by atoms with Crippen molar-refractivity contribution in [3.63, 3.8) is 0 Å². The minimum atomic E-state index is -0.197. The monoisotopic (exact) mass is 242 g/mol. The molecule has 3 unspecified atom stereocenters. The molecule has 3 atom stereocenters. The van der Waals surface area contributed by atoms with E-state index in [4.69, 9.17) is 16.3 Å². The molecule has 0 spiro atoms. The van der Waals surface area contributed by atoms with E-state index in [0.29, 0.717) is 12.3 Å². The zero-order valence-corrected chi connectivity index (χ0v) is 10.1. The number of alkyl halides is 1. The van der Waals surface area contributed by atoms with Gasteiger partial charge >= 0.3 is 0 Å². The third-order valence-electron chi connectivity index (χ3n) is 3.22. The zero-order chi connectivity index (χ0) is 11.5. The number of halogens is 2. The van der Waals surface area contributed by atoms with E-state index < -0.39 is 0 Å². The Hall–Kier alpha value is -0.600. The molecule has 0 radical (unpaired) electrons. The summed E-state index contributed by atoms with van der Waals surface area (Å²) in [6.07, 6.45) is 1.93. The van der Waals surface area contributed by atoms with Gasteiger partial charge in [-0.15, -0.1) is 11.6 Å². The summed E-state index contributed by atoms with van der Waals surface area (Å²) >= 11 is 6.37. The van der Waals surface area contributed by atoms with E-state index in [2.05, 4.69) is 6.92 Å². The molecule has 2 rings (SSSR count). The second-order valence-electron chi connectivity index (χ2n) is 4.38. The number of benzene rings is 1. The maximum Gasteiger partial charge on any atom is 0.123 e. The standard InChI is InChI=1S/C13H16ClFO/c1-9-12(5-6-16-9)13(14)8-10-3-2-4-11(15)7-10/h2-4,7,9,12-13H,5-6,8H2,1H3. The van der Waals surface area contributed by atoms with Crippen molar-refractivity contribution in [1.29, 1.82) is 0 Å². The fourth-order valence-corrected chi connectivity index (χ4v) is 2.77. The second kappa shape index (κ2) is 5.15. The van der Waals surface area contributed by atoms with Gasteiger partial charge in [0.15, 0.2) is 0 Å². The highest BCUT2D eigenvalue weighted by Gasteiger charge is 2.30. The van der Waals surface area contributed by atoms with Gasteiger partial charge in [0.25, 0.3) is 0 Å². The van der Waals surface area contributed by atoms with Crippen molar-refractivity contribution in [1.82, 2.24) is 0 Å². The Labute approximate surface area is 101 Å². The number of ether oxygens (including phenoxy) is 1. The normalized spacial score (nSPS) is 26.9. The summed E-state index contributed by atoms with van der Waals surface area (Å²) in [5.74, 6) is 0.182. The smallest absolute Gasteiger partial charge is 0.123 e. The Kier molecular flexibility index (Phi) is 3.82. The van der Waals surface area contributed by atoms with Crippen LogP contribution in [-0.4, -0.2) is 18.1 Å². The van der Waals surface area contributed by atoms with E-state index >= 15 is 0 Å². The SMILES string of the molecule is CC1OCCC1C(Cl)Cc1cccc(F)c1. The van der Waals surface area contributed by atoms with Crippen molar-refractivity contribution in [3.05, 3.63) is 35.6 Å². The molecular weight excluding hydrogens is 227 g/mol. The van der Waals surface area contributed by atoms with E-state index in [9.17, 15) is 4.39 Å². The average molecular weight is 243 g/mol. The molecule has 1 aliphatic heterocycles. The van der Waals surface area contributed by atoms with Gasteiger partial charge in [-0.05, 0) is 37.5 Å². The van der Waals surface area contributed by atoms with Crippen LogP contribution in [0.15, 0.2) is 24.3 Å². The Balaban J connectivity index is 1.99. The molecule has 88 valence electrons. The van der Waals surface area contributed by atoms with Gasteiger partial charge in [-0.3, -0.25) is 0 Å². The lowest BCUT2D eigenvalue weighted by molar-refractivity contribution is 0.105. The summed E-state index contributed by atoms with van der Waals surface area (Å²) in [5, 5.41) is 0.0271. The molecule has 1 aromatic carbocycles. The lowest BCUT2D eigenvalue weighted by Gasteiger charge is -2.20. The van der Waals surface area contributed by atoms with Crippen LogP contribution in [0.4, 0.5) is 4.39 Å². The van der Waals surface area contributed by atoms with Gasteiger partial charge in [-0.25, -0.2) is 4.39 Å². The van der Waals surface area contributed by atoms with Crippen LogP contribution in [0, 0.1) is 11.7 Å². The summed E-state index contributed by atoms with van der Waals surface area (Å²) in [6, 6.07) is 6.64. The van der Waals surface area contributed by atoms with Crippen LogP contribution >= 0.6 is 11.6 Å². The van der Waals surface area contributed by atoms with Crippen molar-refractivity contribution in [2.75, 3.05) is 6.61 Å². The molecule has 16 heavy (non-hydrogen) atoms. The molecular formula is C13H16ClFO. The summed E-state index contributed by atoms with van der Waals surface area (Å²) in [6.45, 7) is 2.84. The first-order valence-corrected chi connectivity index (χ1v) is 6.10. The summed E-state index contributed by atoms with van der Waals surface area (Å²) < 4.78 is 18.5. The van der Waals surface area contributed by atoms with Crippen molar-refractivity contribution in [3.8, 4) is 0 Å². The first-order valence-electron chi connectivity index (χ1n) is 5.67. The highest BCUT2D eigenvalue weighted by molar-refractivity contribution is 6.21. The van der Waals surface area contributed by atoms with Gasteiger partial charge in [0, 0.05) is 17.9 Å². The Morgan fingerprint density at radius 1 is 1.56 bits per heavy atom. The molecule has 1 heterocycles. The quantitative estimate of drug-likeness (QED) is 0.739. The molecule has 0 saturated carbocycles. The maximum atomic E-state index is 13.0. The minimum Gasteiger partial charge on any atom is -0.378 e. The second-order valence-corrected chi connectivity index (χ2v) is 4.94. The van der Waals surface area contributed by atoms with E-state index in [0.717, 1.165) is 18.6 Å². The lowest BCUT2D eigenvalue weighted by atomic mass is 9.94. The molecule has 0 aromatic heterocycles. The largest absolute Gasteiger partial charge is 0.378 e. The molecule has 0 amide bonds. The molecule has 0 bridgehead atoms. The Bertz CT molecular complexity index is 356. The Morgan fingerprint density at radius 2 is 2.38 bits per heavy atom. The predicted octanol–water partition coefficient (Wildman–Crippen LogP) is 3.40. The van der Waals surface area contributed by atoms with Crippen LogP contribution in [0.2, 0.25) is 0 Å². The zero-order valence-electron chi connectivity index (χ0n) is 9.33. The van der Waals surface area contributed by atoms with Crippen LogP contribution in [0.1, 0.15) is 18.9 Å². The average Bonchev–Trinajstić information content (AvgIpc) is 2.64. The van der Waals surface area contributed by atoms with Gasteiger partial charge in [0.2, 0.25) is 0 Å². The fourth-order valence-electron chi connectivity index (χ4n) is 2.26. The molecule has 3 heteroatoms. The van der Waals surface area contributed by atoms with Crippen molar-refractivity contribution in [2.45, 2.75) is 31.2 Å². The molecule has 1 aliphatic rings. The van der Waals surface area contributed by atoms with Crippen LogP contribution in [-0.2, 0) is 11.2 Å². The minimum absolute atomic E-state index is 0.0271. The number of rotatable bonds is 3. The summed E-state index contributed by atoms with van der Waals surface area (Å²) in [4.78, 5) is 0. The van der Waals surface area contributed by atoms with Gasteiger partial charge in [-0.2, -0.15) is 0 Å². The molecule has 0 aliphatic carbocycles. The van der Waals surface area contributed by atoms with Crippen LogP contribution in [0.3, 0.4) is 0 Å². The third-order valence-corrected chi connectivity index (χ3v) is 3.70. The maximum absolute atomic E-state index is 13.0. The van der Waals surface area contributed by atoms with Crippen LogP contribution < -0.4 is 0 Å². The van der Waals surface area contributed by atoms with Crippen molar-refractivity contribution in [2.24, 2.45) is 5.92 Å². The van der Waals surface area contributed by atoms with Gasteiger partial charge in [0.1, 0.15) is 5.82 Å². The number of hydrogen-bond acceptors (Lipinski definition) is 1. The van der Waals surface area contributed by atoms with Crippen molar-refractivity contribution < 1.29 is 9.13 Å². The molecule has 1 nitrogen and oxygen atoms in total. The Morgan fingerprint density at radius 3 is 3.00 bits per heavy atom.